The summed E-state index contributed by atoms with van der Waals surface area (Å²) < 4.78 is 16.6. The van der Waals surface area contributed by atoms with Gasteiger partial charge in [-0.15, -0.1) is 0 Å². The molecule has 1 saturated carbocycles. The van der Waals surface area contributed by atoms with Crippen LogP contribution < -0.4 is 9.80 Å². The van der Waals surface area contributed by atoms with Crippen molar-refractivity contribution in [3.8, 4) is 0 Å². The van der Waals surface area contributed by atoms with Crippen LogP contribution in [0.1, 0.15) is 44.9 Å². The molecule has 2 aliphatic heterocycles. The zero-order valence-corrected chi connectivity index (χ0v) is 21.7. The fourth-order valence-electron chi connectivity index (χ4n) is 6.57. The van der Waals surface area contributed by atoms with Crippen molar-refractivity contribution in [1.29, 1.82) is 0 Å². The van der Waals surface area contributed by atoms with Crippen molar-refractivity contribution >= 4 is 28.6 Å². The van der Waals surface area contributed by atoms with Crippen LogP contribution in [0.3, 0.4) is 0 Å². The second-order valence-electron chi connectivity index (χ2n) is 11.0. The average Bonchev–Trinajstić information content (AvgIpc) is 3.32. The van der Waals surface area contributed by atoms with Gasteiger partial charge in [0.15, 0.2) is 0 Å². The van der Waals surface area contributed by atoms with Crippen LogP contribution in [0.2, 0.25) is 0 Å². The first-order valence-corrected chi connectivity index (χ1v) is 14.2. The molecule has 0 N–H and O–H groups in total. The van der Waals surface area contributed by atoms with E-state index in [-0.39, 0.29) is 17.6 Å². The molecule has 0 radical (unpaired) electrons. The Labute approximate surface area is 219 Å². The van der Waals surface area contributed by atoms with Crippen molar-refractivity contribution in [3.05, 3.63) is 54.3 Å². The van der Waals surface area contributed by atoms with E-state index in [9.17, 15) is 9.18 Å². The summed E-state index contributed by atoms with van der Waals surface area (Å²) in [5.74, 6) is 1.95. The maximum absolute atomic E-state index is 14.2. The number of carbonyl (C=O) groups excluding carboxylic acids is 1. The predicted octanol–water partition coefficient (Wildman–Crippen LogP) is 5.32. The highest BCUT2D eigenvalue weighted by Gasteiger charge is 2.32. The second-order valence-corrected chi connectivity index (χ2v) is 11.0. The molecule has 6 nitrogen and oxygen atoms in total. The molecule has 3 heterocycles. The number of fused-ring (bicyclic) bond motifs is 1. The molecule has 37 heavy (non-hydrogen) atoms. The highest BCUT2D eigenvalue weighted by molar-refractivity contribution is 5.80. The van der Waals surface area contributed by atoms with Gasteiger partial charge >= 0.3 is 0 Å². The van der Waals surface area contributed by atoms with Crippen LogP contribution in [0.5, 0.6) is 0 Å². The first-order chi connectivity index (χ1) is 18.2. The molecule has 0 bridgehead atoms. The number of hydrogen-bond acceptors (Lipinski definition) is 4. The lowest BCUT2D eigenvalue weighted by molar-refractivity contribution is -0.136. The highest BCUT2D eigenvalue weighted by atomic mass is 19.1. The number of carbonyl (C=O) groups is 1. The largest absolute Gasteiger partial charge is 0.366 e. The number of nitrogens with zero attached hydrogens (tertiary/aromatic N) is 5. The lowest BCUT2D eigenvalue weighted by Crippen LogP contribution is -2.52. The van der Waals surface area contributed by atoms with Crippen LogP contribution >= 0.6 is 0 Å². The van der Waals surface area contributed by atoms with Crippen molar-refractivity contribution in [1.82, 2.24) is 14.5 Å². The monoisotopic (exact) mass is 503 g/mol. The summed E-state index contributed by atoms with van der Waals surface area (Å²) in [6, 6.07) is 15.4. The van der Waals surface area contributed by atoms with E-state index in [0.29, 0.717) is 31.9 Å². The van der Waals surface area contributed by atoms with Crippen molar-refractivity contribution < 1.29 is 9.18 Å². The lowest BCUT2D eigenvalue weighted by Gasteiger charge is -2.39. The molecule has 7 heteroatoms. The van der Waals surface area contributed by atoms with Crippen molar-refractivity contribution in [3.63, 3.8) is 0 Å². The van der Waals surface area contributed by atoms with E-state index in [2.05, 4.69) is 38.6 Å². The number of amides is 1. The van der Waals surface area contributed by atoms with Gasteiger partial charge in [0.25, 0.3) is 0 Å². The topological polar surface area (TPSA) is 44.6 Å². The summed E-state index contributed by atoms with van der Waals surface area (Å²) in [5, 5.41) is 0. The maximum atomic E-state index is 14.2. The second kappa shape index (κ2) is 10.7. The van der Waals surface area contributed by atoms with E-state index < -0.39 is 0 Å². The molecule has 1 amide bonds. The molecule has 3 fully saturated rings. The molecule has 0 spiro atoms. The zero-order valence-electron chi connectivity index (χ0n) is 21.7. The third-order valence-corrected chi connectivity index (χ3v) is 8.71. The Hall–Kier alpha value is -3.09. The van der Waals surface area contributed by atoms with Gasteiger partial charge in [-0.2, -0.15) is 0 Å². The van der Waals surface area contributed by atoms with Gasteiger partial charge in [-0.1, -0.05) is 43.5 Å². The van der Waals surface area contributed by atoms with Crippen LogP contribution in [0, 0.1) is 17.7 Å². The fraction of sp³-hybridized carbons (Fsp3) is 0.533. The third kappa shape index (κ3) is 5.05. The average molecular weight is 504 g/mol. The number of rotatable bonds is 5. The van der Waals surface area contributed by atoms with Crippen LogP contribution in [-0.4, -0.2) is 59.6 Å². The molecule has 0 unspecified atom stereocenters. The SMILES string of the molecule is O=C(C1CCN(c2nc3ccccc3n2CC2CCCCC2)CC1)N1CCN(c2ccccc2F)CC1. The minimum absolute atomic E-state index is 0.0624. The highest BCUT2D eigenvalue weighted by Crippen LogP contribution is 2.32. The maximum Gasteiger partial charge on any atom is 0.225 e. The van der Waals surface area contributed by atoms with E-state index in [1.165, 1.54) is 43.7 Å². The molecule has 3 aromatic rings. The molecular formula is C30H38FN5O. The summed E-state index contributed by atoms with van der Waals surface area (Å²) in [4.78, 5) is 24.9. The Balaban J connectivity index is 1.09. The van der Waals surface area contributed by atoms with E-state index in [0.717, 1.165) is 49.9 Å². The Morgan fingerprint density at radius 2 is 1.51 bits per heavy atom. The zero-order chi connectivity index (χ0) is 25.2. The van der Waals surface area contributed by atoms with E-state index >= 15 is 0 Å². The summed E-state index contributed by atoms with van der Waals surface area (Å²) in [6.07, 6.45) is 8.40. The Morgan fingerprint density at radius 3 is 2.27 bits per heavy atom. The first kappa shape index (κ1) is 24.3. The van der Waals surface area contributed by atoms with E-state index in [1.54, 1.807) is 6.07 Å². The third-order valence-electron chi connectivity index (χ3n) is 8.71. The van der Waals surface area contributed by atoms with Gasteiger partial charge in [0.05, 0.1) is 16.7 Å². The van der Waals surface area contributed by atoms with Gasteiger partial charge in [0.1, 0.15) is 5.82 Å². The smallest absolute Gasteiger partial charge is 0.225 e. The van der Waals surface area contributed by atoms with Crippen LogP contribution in [0.4, 0.5) is 16.0 Å². The number of imidazole rings is 1. The summed E-state index contributed by atoms with van der Waals surface area (Å²) in [5.41, 5.74) is 2.94. The standard InChI is InChI=1S/C30H38FN5O/c31-25-10-4-6-12-27(25)33-18-20-34(21-19-33)29(37)24-14-16-35(17-15-24)30-32-26-11-5-7-13-28(26)36(30)22-23-8-2-1-3-9-23/h4-7,10-13,23-24H,1-3,8-9,14-22H2. The Morgan fingerprint density at radius 1 is 0.811 bits per heavy atom. The molecule has 2 aromatic carbocycles. The molecule has 1 aromatic heterocycles. The van der Waals surface area contributed by atoms with Crippen molar-refractivity contribution in [2.45, 2.75) is 51.5 Å². The molecule has 0 atom stereocenters. The minimum atomic E-state index is -0.191. The van der Waals surface area contributed by atoms with Gasteiger partial charge in [-0.25, -0.2) is 9.37 Å². The first-order valence-electron chi connectivity index (χ1n) is 14.2. The molecule has 3 aliphatic rings. The van der Waals surface area contributed by atoms with Gasteiger partial charge in [0, 0.05) is 51.7 Å². The van der Waals surface area contributed by atoms with E-state index in [4.69, 9.17) is 4.98 Å². The quantitative estimate of drug-likeness (QED) is 0.473. The van der Waals surface area contributed by atoms with Crippen molar-refractivity contribution in [2.24, 2.45) is 11.8 Å². The number of piperazine rings is 1. The van der Waals surface area contributed by atoms with E-state index in [1.807, 2.05) is 17.0 Å². The number of hydrogen-bond donors (Lipinski definition) is 0. The normalized spacial score (nSPS) is 20.1. The number of benzene rings is 2. The summed E-state index contributed by atoms with van der Waals surface area (Å²) >= 11 is 0. The molecular weight excluding hydrogens is 465 g/mol. The van der Waals surface area contributed by atoms with Gasteiger partial charge < -0.3 is 19.3 Å². The minimum Gasteiger partial charge on any atom is -0.366 e. The van der Waals surface area contributed by atoms with Gasteiger partial charge in [-0.3, -0.25) is 4.79 Å². The van der Waals surface area contributed by atoms with Crippen LogP contribution in [0.15, 0.2) is 48.5 Å². The molecule has 2 saturated heterocycles. The van der Waals surface area contributed by atoms with Crippen LogP contribution in [0.25, 0.3) is 11.0 Å². The number of halogens is 1. The van der Waals surface area contributed by atoms with Crippen LogP contribution in [-0.2, 0) is 11.3 Å². The summed E-state index contributed by atoms with van der Waals surface area (Å²) in [6.45, 7) is 5.43. The lowest BCUT2D eigenvalue weighted by atomic mass is 9.89. The number of anilines is 2. The van der Waals surface area contributed by atoms with Crippen molar-refractivity contribution in [2.75, 3.05) is 49.1 Å². The fourth-order valence-corrected chi connectivity index (χ4v) is 6.57. The number of piperidine rings is 1. The molecule has 6 rings (SSSR count). The van der Waals surface area contributed by atoms with Gasteiger partial charge in [-0.05, 0) is 55.9 Å². The Kier molecular flexibility index (Phi) is 7.03. The van der Waals surface area contributed by atoms with Gasteiger partial charge in [0.2, 0.25) is 11.9 Å². The molecule has 196 valence electrons. The predicted molar refractivity (Wildman–Crippen MR) is 146 cm³/mol. The summed E-state index contributed by atoms with van der Waals surface area (Å²) in [7, 11) is 0. The number of aromatic nitrogens is 2. The Bertz CT molecular complexity index is 1220. The number of para-hydroxylation sites is 3. The molecule has 1 aliphatic carbocycles.